The Morgan fingerprint density at radius 2 is 1.79 bits per heavy atom. The molecular formula is C20H22ClN3O4. The highest BCUT2D eigenvalue weighted by atomic mass is 35.5. The summed E-state index contributed by atoms with van der Waals surface area (Å²) in [5.74, 6) is 3.17. The van der Waals surface area contributed by atoms with Crippen molar-refractivity contribution in [3.05, 3.63) is 65.3 Å². The van der Waals surface area contributed by atoms with Crippen molar-refractivity contribution in [1.29, 1.82) is 0 Å². The Hall–Kier alpha value is -2.77. The first kappa shape index (κ1) is 20.0. The van der Waals surface area contributed by atoms with Crippen molar-refractivity contribution >= 4 is 11.6 Å². The summed E-state index contributed by atoms with van der Waals surface area (Å²) < 4.78 is 21.7. The lowest BCUT2D eigenvalue weighted by Crippen LogP contribution is -2.24. The number of hydrogen-bond acceptors (Lipinski definition) is 7. The van der Waals surface area contributed by atoms with E-state index in [1.807, 2.05) is 54.4 Å². The number of ether oxygens (including phenoxy) is 3. The van der Waals surface area contributed by atoms with Crippen molar-refractivity contribution in [1.82, 2.24) is 15.0 Å². The maximum absolute atomic E-state index is 6.07. The van der Waals surface area contributed by atoms with E-state index in [0.29, 0.717) is 47.9 Å². The van der Waals surface area contributed by atoms with E-state index in [9.17, 15) is 0 Å². The molecule has 0 saturated heterocycles. The summed E-state index contributed by atoms with van der Waals surface area (Å²) in [6.45, 7) is 1.93. The van der Waals surface area contributed by atoms with Crippen molar-refractivity contribution in [3.8, 4) is 17.2 Å². The summed E-state index contributed by atoms with van der Waals surface area (Å²) in [5, 5.41) is 4.55. The van der Waals surface area contributed by atoms with E-state index in [2.05, 4.69) is 10.1 Å². The van der Waals surface area contributed by atoms with Crippen LogP contribution in [0.4, 0.5) is 0 Å². The van der Waals surface area contributed by atoms with Gasteiger partial charge in [0, 0.05) is 6.54 Å². The van der Waals surface area contributed by atoms with Crippen molar-refractivity contribution in [3.63, 3.8) is 0 Å². The largest absolute Gasteiger partial charge is 0.497 e. The van der Waals surface area contributed by atoms with Gasteiger partial charge in [-0.25, -0.2) is 0 Å². The lowest BCUT2D eigenvalue weighted by Gasteiger charge is -2.15. The topological polar surface area (TPSA) is 69.9 Å². The SMILES string of the molecule is COc1ccc(OCc2noc(CN(C)CCOc3ccccc3Cl)n2)cc1. The Kier molecular flexibility index (Phi) is 7.11. The second-order valence-electron chi connectivity index (χ2n) is 6.09. The van der Waals surface area contributed by atoms with Gasteiger partial charge in [-0.15, -0.1) is 0 Å². The summed E-state index contributed by atoms with van der Waals surface area (Å²) >= 11 is 6.07. The molecule has 2 aromatic carbocycles. The third-order valence-electron chi connectivity index (χ3n) is 3.91. The third kappa shape index (κ3) is 5.87. The van der Waals surface area contributed by atoms with Gasteiger partial charge < -0.3 is 18.7 Å². The predicted molar refractivity (Wildman–Crippen MR) is 105 cm³/mol. The van der Waals surface area contributed by atoms with Crippen LogP contribution in [0.1, 0.15) is 11.7 Å². The highest BCUT2D eigenvalue weighted by molar-refractivity contribution is 6.32. The molecule has 1 aromatic heterocycles. The second-order valence-corrected chi connectivity index (χ2v) is 6.49. The highest BCUT2D eigenvalue weighted by Crippen LogP contribution is 2.23. The molecule has 0 saturated carbocycles. The van der Waals surface area contributed by atoms with Crippen LogP contribution in [0.2, 0.25) is 5.02 Å². The van der Waals surface area contributed by atoms with Gasteiger partial charge in [-0.05, 0) is 43.4 Å². The van der Waals surface area contributed by atoms with Gasteiger partial charge in [0.2, 0.25) is 11.7 Å². The van der Waals surface area contributed by atoms with E-state index in [4.69, 9.17) is 30.3 Å². The maximum Gasteiger partial charge on any atom is 0.240 e. The van der Waals surface area contributed by atoms with E-state index in [-0.39, 0.29) is 6.61 Å². The fourth-order valence-electron chi connectivity index (χ4n) is 2.42. The molecule has 0 unspecified atom stereocenters. The van der Waals surface area contributed by atoms with Crippen molar-refractivity contribution < 1.29 is 18.7 Å². The normalized spacial score (nSPS) is 10.9. The molecule has 0 aliphatic rings. The Bertz CT molecular complexity index is 870. The van der Waals surface area contributed by atoms with E-state index in [1.165, 1.54) is 0 Å². The van der Waals surface area contributed by atoms with E-state index in [0.717, 1.165) is 5.75 Å². The molecule has 3 aromatic rings. The van der Waals surface area contributed by atoms with Crippen LogP contribution < -0.4 is 14.2 Å². The Morgan fingerprint density at radius 3 is 2.54 bits per heavy atom. The Morgan fingerprint density at radius 1 is 1.04 bits per heavy atom. The molecule has 0 spiro atoms. The molecule has 0 radical (unpaired) electrons. The Balaban J connectivity index is 1.41. The number of hydrogen-bond donors (Lipinski definition) is 0. The summed E-state index contributed by atoms with van der Waals surface area (Å²) in [4.78, 5) is 6.37. The zero-order valence-electron chi connectivity index (χ0n) is 15.8. The monoisotopic (exact) mass is 403 g/mol. The summed E-state index contributed by atoms with van der Waals surface area (Å²) in [6, 6.07) is 14.7. The summed E-state index contributed by atoms with van der Waals surface area (Å²) in [7, 11) is 3.57. The third-order valence-corrected chi connectivity index (χ3v) is 4.22. The molecule has 0 aliphatic carbocycles. The van der Waals surface area contributed by atoms with Crippen LogP contribution in [0.25, 0.3) is 0 Å². The highest BCUT2D eigenvalue weighted by Gasteiger charge is 2.10. The van der Waals surface area contributed by atoms with Crippen LogP contribution in [0.5, 0.6) is 17.2 Å². The first-order valence-electron chi connectivity index (χ1n) is 8.78. The minimum atomic E-state index is 0.231. The van der Waals surface area contributed by atoms with Crippen LogP contribution >= 0.6 is 11.6 Å². The molecule has 148 valence electrons. The fourth-order valence-corrected chi connectivity index (χ4v) is 2.61. The molecule has 0 bridgehead atoms. The first-order chi connectivity index (χ1) is 13.6. The first-order valence-corrected chi connectivity index (χ1v) is 9.16. The lowest BCUT2D eigenvalue weighted by molar-refractivity contribution is 0.212. The second kappa shape index (κ2) is 9.96. The predicted octanol–water partition coefficient (Wildman–Crippen LogP) is 3.82. The van der Waals surface area contributed by atoms with Crippen LogP contribution in [0.15, 0.2) is 53.1 Å². The van der Waals surface area contributed by atoms with Gasteiger partial charge in [0.25, 0.3) is 0 Å². The van der Waals surface area contributed by atoms with Gasteiger partial charge in [-0.1, -0.05) is 28.9 Å². The lowest BCUT2D eigenvalue weighted by atomic mass is 10.3. The Labute approximate surface area is 168 Å². The van der Waals surface area contributed by atoms with Crippen molar-refractivity contribution in [2.75, 3.05) is 27.3 Å². The molecule has 1 heterocycles. The minimum Gasteiger partial charge on any atom is -0.497 e. The number of rotatable bonds is 10. The number of nitrogens with zero attached hydrogens (tertiary/aromatic N) is 3. The summed E-state index contributed by atoms with van der Waals surface area (Å²) in [6.07, 6.45) is 0. The molecule has 7 nitrogen and oxygen atoms in total. The van der Waals surface area contributed by atoms with Crippen LogP contribution in [-0.4, -0.2) is 42.3 Å². The summed E-state index contributed by atoms with van der Waals surface area (Å²) in [5.41, 5.74) is 0. The van der Waals surface area contributed by atoms with Crippen molar-refractivity contribution in [2.24, 2.45) is 0 Å². The fraction of sp³-hybridized carbons (Fsp3) is 0.300. The van der Waals surface area contributed by atoms with Crippen LogP contribution in [0, 0.1) is 0 Å². The van der Waals surface area contributed by atoms with E-state index in [1.54, 1.807) is 13.2 Å². The standard InChI is InChI=1S/C20H22ClN3O4/c1-24(11-12-26-18-6-4-3-5-17(18)21)13-20-22-19(23-28-20)14-27-16-9-7-15(25-2)8-10-16/h3-10H,11-14H2,1-2H3. The molecule has 0 atom stereocenters. The van der Waals surface area contributed by atoms with Crippen LogP contribution in [0.3, 0.4) is 0 Å². The molecule has 0 N–H and O–H groups in total. The number of likely N-dealkylation sites (N-methyl/N-ethyl adjacent to an activating group) is 1. The molecule has 8 heteroatoms. The molecule has 28 heavy (non-hydrogen) atoms. The van der Waals surface area contributed by atoms with Gasteiger partial charge in [0.1, 0.15) is 23.9 Å². The quantitative estimate of drug-likeness (QED) is 0.509. The number of halogens is 1. The average molecular weight is 404 g/mol. The molecule has 0 fully saturated rings. The van der Waals surface area contributed by atoms with Gasteiger partial charge in [0.05, 0.1) is 18.7 Å². The molecular weight excluding hydrogens is 382 g/mol. The van der Waals surface area contributed by atoms with E-state index >= 15 is 0 Å². The van der Waals surface area contributed by atoms with Crippen molar-refractivity contribution in [2.45, 2.75) is 13.2 Å². The van der Waals surface area contributed by atoms with Gasteiger partial charge in [-0.2, -0.15) is 4.98 Å². The molecule has 3 rings (SSSR count). The van der Waals surface area contributed by atoms with Gasteiger partial charge in [0.15, 0.2) is 6.61 Å². The van der Waals surface area contributed by atoms with E-state index < -0.39 is 0 Å². The zero-order chi connectivity index (χ0) is 19.8. The van der Waals surface area contributed by atoms with Gasteiger partial charge in [-0.3, -0.25) is 4.90 Å². The smallest absolute Gasteiger partial charge is 0.240 e. The maximum atomic E-state index is 6.07. The average Bonchev–Trinajstić information content (AvgIpc) is 3.15. The zero-order valence-corrected chi connectivity index (χ0v) is 16.6. The number of aromatic nitrogens is 2. The number of benzene rings is 2. The number of para-hydroxylation sites is 1. The van der Waals surface area contributed by atoms with Crippen LogP contribution in [-0.2, 0) is 13.2 Å². The number of methoxy groups -OCH3 is 1. The molecule has 0 amide bonds. The minimum absolute atomic E-state index is 0.231. The van der Waals surface area contributed by atoms with Gasteiger partial charge >= 0.3 is 0 Å². The molecule has 0 aliphatic heterocycles.